The molecule has 9 nitrogen and oxygen atoms in total. The van der Waals surface area contributed by atoms with Gasteiger partial charge >= 0.3 is 0 Å². The molecule has 1 saturated heterocycles. The Morgan fingerprint density at radius 1 is 1.00 bits per heavy atom. The number of rotatable bonds is 14. The number of aryl methyl sites for hydroxylation is 1. The smallest absolute Gasteiger partial charge is 0.253 e. The minimum Gasteiger partial charge on any atom is -0.497 e. The van der Waals surface area contributed by atoms with Crippen LogP contribution in [0.3, 0.4) is 0 Å². The van der Waals surface area contributed by atoms with Crippen molar-refractivity contribution in [3.63, 3.8) is 0 Å². The van der Waals surface area contributed by atoms with E-state index in [0.29, 0.717) is 43.1 Å². The largest absolute Gasteiger partial charge is 0.497 e. The van der Waals surface area contributed by atoms with Crippen LogP contribution in [0.5, 0.6) is 5.75 Å². The van der Waals surface area contributed by atoms with Gasteiger partial charge in [-0.1, -0.05) is 26.0 Å². The van der Waals surface area contributed by atoms with Crippen molar-refractivity contribution in [2.45, 2.75) is 64.6 Å². The Morgan fingerprint density at radius 2 is 1.69 bits per heavy atom. The number of ether oxygens (including phenoxy) is 1. The minimum absolute atomic E-state index is 0.0874. The molecule has 258 valence electrons. The van der Waals surface area contributed by atoms with Crippen molar-refractivity contribution in [2.24, 2.45) is 0 Å². The predicted octanol–water partition coefficient (Wildman–Crippen LogP) is 4.29. The van der Waals surface area contributed by atoms with E-state index in [4.69, 9.17) is 4.74 Å². The third-order valence-electron chi connectivity index (χ3n) is 8.43. The average molecular weight is 665 g/mol. The molecular formula is C37H46F2N4O5. The standard InChI is InChI=1S/C37H46F2N4O5/c1-5-11-42(12-6-2)37(47)28-15-24(3)14-27(21-28)36(46)41-32(19-26-16-29(38)22-30(39)17-26)35(45)33-23-43(13-10-40-33)34(44)20-25-8-7-9-31(18-25)48-4/h7-9,14-18,21-22,32-33,35,40,45H,5-6,10-13,19-20,23H2,1-4H3,(H,41,46)/t32-,33+,35?/m0/s1. The summed E-state index contributed by atoms with van der Waals surface area (Å²) in [5.41, 5.74) is 2.35. The Bertz CT molecular complexity index is 1560. The van der Waals surface area contributed by atoms with Crippen LogP contribution >= 0.6 is 0 Å². The van der Waals surface area contributed by atoms with E-state index < -0.39 is 35.7 Å². The fourth-order valence-electron chi connectivity index (χ4n) is 6.15. The lowest BCUT2D eigenvalue weighted by atomic mass is 9.94. The normalized spacial score (nSPS) is 15.8. The third kappa shape index (κ3) is 9.84. The monoisotopic (exact) mass is 664 g/mol. The number of nitrogens with zero attached hydrogens (tertiary/aromatic N) is 2. The molecule has 1 heterocycles. The lowest BCUT2D eigenvalue weighted by Gasteiger charge is -2.39. The molecule has 1 fully saturated rings. The molecule has 3 N–H and O–H groups in total. The number of carbonyl (C=O) groups is 3. The summed E-state index contributed by atoms with van der Waals surface area (Å²) in [6.45, 7) is 7.95. The zero-order valence-electron chi connectivity index (χ0n) is 28.1. The maximum absolute atomic E-state index is 14.2. The van der Waals surface area contributed by atoms with Gasteiger partial charge in [0.15, 0.2) is 0 Å². The minimum atomic E-state index is -1.25. The van der Waals surface area contributed by atoms with Crippen LogP contribution < -0.4 is 15.4 Å². The fraction of sp³-hybridized carbons (Fsp3) is 0.432. The Kier molecular flexibility index (Phi) is 13.0. The molecule has 0 aliphatic carbocycles. The highest BCUT2D eigenvalue weighted by atomic mass is 19.1. The van der Waals surface area contributed by atoms with Crippen LogP contribution in [0.25, 0.3) is 0 Å². The molecule has 3 aromatic rings. The highest BCUT2D eigenvalue weighted by Gasteiger charge is 2.34. The predicted molar refractivity (Wildman–Crippen MR) is 180 cm³/mol. The van der Waals surface area contributed by atoms with E-state index in [-0.39, 0.29) is 42.3 Å². The first kappa shape index (κ1) is 36.5. The molecule has 3 amide bonds. The first-order chi connectivity index (χ1) is 23.0. The van der Waals surface area contributed by atoms with Crippen molar-refractivity contribution < 1.29 is 33.0 Å². The highest BCUT2D eigenvalue weighted by molar-refractivity contribution is 6.00. The highest BCUT2D eigenvalue weighted by Crippen LogP contribution is 2.19. The van der Waals surface area contributed by atoms with Gasteiger partial charge in [0.1, 0.15) is 17.4 Å². The number of nitrogens with one attached hydrogen (secondary N) is 2. The summed E-state index contributed by atoms with van der Waals surface area (Å²) in [5, 5.41) is 17.8. The van der Waals surface area contributed by atoms with Gasteiger partial charge in [-0.05, 0) is 85.3 Å². The first-order valence-electron chi connectivity index (χ1n) is 16.5. The average Bonchev–Trinajstić information content (AvgIpc) is 3.06. The number of benzene rings is 3. The second kappa shape index (κ2) is 17.2. The first-order valence-corrected chi connectivity index (χ1v) is 16.5. The van der Waals surface area contributed by atoms with E-state index in [2.05, 4.69) is 10.6 Å². The molecule has 4 rings (SSSR count). The van der Waals surface area contributed by atoms with Gasteiger partial charge in [0.05, 0.1) is 31.7 Å². The van der Waals surface area contributed by atoms with Crippen LogP contribution in [0.15, 0.2) is 60.7 Å². The lowest BCUT2D eigenvalue weighted by molar-refractivity contribution is -0.132. The molecule has 3 atom stereocenters. The number of carbonyl (C=O) groups excluding carboxylic acids is 3. The van der Waals surface area contributed by atoms with E-state index >= 15 is 0 Å². The van der Waals surface area contributed by atoms with Gasteiger partial charge in [-0.25, -0.2) is 8.78 Å². The fourth-order valence-corrected chi connectivity index (χ4v) is 6.15. The van der Waals surface area contributed by atoms with Gasteiger partial charge in [-0.3, -0.25) is 14.4 Å². The van der Waals surface area contributed by atoms with Crippen molar-refractivity contribution in [1.29, 1.82) is 0 Å². The summed E-state index contributed by atoms with van der Waals surface area (Å²) in [6, 6.07) is 13.6. The molecule has 0 bridgehead atoms. The van der Waals surface area contributed by atoms with E-state index in [1.54, 1.807) is 48.1 Å². The second-order valence-corrected chi connectivity index (χ2v) is 12.4. The summed E-state index contributed by atoms with van der Waals surface area (Å²) in [5.74, 6) is -1.76. The molecule has 0 spiro atoms. The van der Waals surface area contributed by atoms with Gasteiger partial charge < -0.3 is 30.3 Å². The summed E-state index contributed by atoms with van der Waals surface area (Å²) >= 11 is 0. The SMILES string of the molecule is CCCN(CCC)C(=O)c1cc(C)cc(C(=O)N[C@@H](Cc2cc(F)cc(F)c2)C(O)[C@H]2CN(C(=O)Cc3cccc(OC)c3)CCN2)c1. The molecule has 3 aromatic carbocycles. The summed E-state index contributed by atoms with van der Waals surface area (Å²) in [7, 11) is 1.56. The second-order valence-electron chi connectivity index (χ2n) is 12.4. The lowest BCUT2D eigenvalue weighted by Crippen LogP contribution is -2.62. The Labute approximate surface area is 281 Å². The number of aliphatic hydroxyl groups excluding tert-OH is 1. The quantitative estimate of drug-likeness (QED) is 0.237. The zero-order valence-corrected chi connectivity index (χ0v) is 28.1. The van der Waals surface area contributed by atoms with Crippen LogP contribution in [0, 0.1) is 18.6 Å². The molecule has 0 saturated carbocycles. The molecule has 11 heteroatoms. The number of hydrogen-bond donors (Lipinski definition) is 3. The van der Waals surface area contributed by atoms with Gasteiger partial charge in [0.2, 0.25) is 5.91 Å². The van der Waals surface area contributed by atoms with E-state index in [9.17, 15) is 28.3 Å². The Morgan fingerprint density at radius 3 is 2.35 bits per heavy atom. The third-order valence-corrected chi connectivity index (χ3v) is 8.43. The number of hydrogen-bond acceptors (Lipinski definition) is 6. The van der Waals surface area contributed by atoms with Crippen molar-refractivity contribution in [3.05, 3.63) is 100 Å². The molecular weight excluding hydrogens is 618 g/mol. The summed E-state index contributed by atoms with van der Waals surface area (Å²) < 4.78 is 33.6. The molecule has 1 unspecified atom stereocenters. The van der Waals surface area contributed by atoms with Crippen LogP contribution in [-0.2, 0) is 17.6 Å². The molecule has 0 aromatic heterocycles. The zero-order chi connectivity index (χ0) is 34.8. The van der Waals surface area contributed by atoms with Gasteiger partial charge in [-0.2, -0.15) is 0 Å². The van der Waals surface area contributed by atoms with Gasteiger partial charge in [0.25, 0.3) is 11.8 Å². The van der Waals surface area contributed by atoms with Crippen molar-refractivity contribution in [1.82, 2.24) is 20.4 Å². The van der Waals surface area contributed by atoms with E-state index in [0.717, 1.165) is 36.6 Å². The van der Waals surface area contributed by atoms with E-state index in [1.807, 2.05) is 26.0 Å². The number of methoxy groups -OCH3 is 1. The van der Waals surface area contributed by atoms with Crippen molar-refractivity contribution in [2.75, 3.05) is 39.8 Å². The van der Waals surface area contributed by atoms with Crippen molar-refractivity contribution in [3.8, 4) is 5.75 Å². The number of aliphatic hydroxyl groups is 1. The van der Waals surface area contributed by atoms with Crippen molar-refractivity contribution >= 4 is 17.7 Å². The maximum atomic E-state index is 14.2. The van der Waals surface area contributed by atoms with Crippen LogP contribution in [-0.4, -0.2) is 90.6 Å². The molecule has 1 aliphatic heterocycles. The molecule has 48 heavy (non-hydrogen) atoms. The van der Waals surface area contributed by atoms with Gasteiger partial charge in [0, 0.05) is 49.9 Å². The summed E-state index contributed by atoms with van der Waals surface area (Å²) in [6.07, 6.45) is 0.402. The number of halogens is 2. The van der Waals surface area contributed by atoms with E-state index in [1.165, 1.54) is 6.07 Å². The molecule has 0 radical (unpaired) electrons. The Balaban J connectivity index is 1.56. The molecule has 1 aliphatic rings. The number of amides is 3. The van der Waals surface area contributed by atoms with Gasteiger partial charge in [-0.15, -0.1) is 0 Å². The number of piperazine rings is 1. The maximum Gasteiger partial charge on any atom is 0.253 e. The van der Waals surface area contributed by atoms with Crippen LogP contribution in [0.2, 0.25) is 0 Å². The topological polar surface area (TPSA) is 111 Å². The summed E-state index contributed by atoms with van der Waals surface area (Å²) in [4.78, 5) is 43.8. The Hall–Kier alpha value is -4.35. The van der Waals surface area contributed by atoms with Crippen LogP contribution in [0.1, 0.15) is 64.1 Å². The van der Waals surface area contributed by atoms with Crippen LogP contribution in [0.4, 0.5) is 8.78 Å².